The highest BCUT2D eigenvalue weighted by Gasteiger charge is 2.27. The number of rotatable bonds is 5. The van der Waals surface area contributed by atoms with Gasteiger partial charge in [-0.3, -0.25) is 4.79 Å². The van der Waals surface area contributed by atoms with E-state index in [1.54, 1.807) is 23.1 Å². The van der Waals surface area contributed by atoms with Gasteiger partial charge in [-0.25, -0.2) is 9.67 Å². The molecule has 0 spiro atoms. The first-order valence-electron chi connectivity index (χ1n) is 11.0. The van der Waals surface area contributed by atoms with E-state index in [-0.39, 0.29) is 5.91 Å². The highest BCUT2D eigenvalue weighted by Crippen LogP contribution is 2.32. The second-order valence-electron chi connectivity index (χ2n) is 7.82. The lowest BCUT2D eigenvalue weighted by Crippen LogP contribution is -2.35. The Morgan fingerprint density at radius 1 is 1.00 bits per heavy atom. The molecule has 0 radical (unpaired) electrons. The molecule has 0 N–H and O–H groups in total. The number of methoxy groups -OCH3 is 1. The largest absolute Gasteiger partial charge is 0.496 e. The van der Waals surface area contributed by atoms with E-state index in [1.165, 1.54) is 0 Å². The first-order valence-corrected chi connectivity index (χ1v) is 11.8. The summed E-state index contributed by atoms with van der Waals surface area (Å²) < 4.78 is 7.36. The van der Waals surface area contributed by atoms with Crippen LogP contribution >= 0.6 is 11.3 Å². The number of benzene rings is 2. The van der Waals surface area contributed by atoms with Gasteiger partial charge < -0.3 is 14.5 Å². The van der Waals surface area contributed by atoms with Gasteiger partial charge in [0.1, 0.15) is 11.4 Å². The van der Waals surface area contributed by atoms with Crippen LogP contribution in [0.25, 0.3) is 16.9 Å². The van der Waals surface area contributed by atoms with Gasteiger partial charge in [0.2, 0.25) is 0 Å². The number of anilines is 1. The summed E-state index contributed by atoms with van der Waals surface area (Å²) in [5, 5.41) is 7.82. The van der Waals surface area contributed by atoms with Crippen molar-refractivity contribution < 1.29 is 9.53 Å². The lowest BCUT2D eigenvalue weighted by Gasteiger charge is -2.21. The van der Waals surface area contributed by atoms with Gasteiger partial charge in [0.25, 0.3) is 5.91 Å². The number of carbonyl (C=O) groups is 1. The Morgan fingerprint density at radius 3 is 2.61 bits per heavy atom. The summed E-state index contributed by atoms with van der Waals surface area (Å²) in [6.07, 6.45) is 4.55. The number of amides is 1. The monoisotopic (exact) mass is 459 g/mol. The Bertz CT molecular complexity index is 1220. The fourth-order valence-corrected chi connectivity index (χ4v) is 4.83. The number of carbonyl (C=O) groups excluding carboxylic acids is 1. The number of hydrogen-bond acceptors (Lipinski definition) is 6. The molecule has 8 heteroatoms. The van der Waals surface area contributed by atoms with E-state index in [1.807, 2.05) is 77.3 Å². The third-order valence-corrected chi connectivity index (χ3v) is 6.63. The van der Waals surface area contributed by atoms with Crippen LogP contribution in [0.15, 0.2) is 72.4 Å². The minimum Gasteiger partial charge on any atom is -0.496 e. The quantitative estimate of drug-likeness (QED) is 0.444. The molecule has 1 fully saturated rings. The highest BCUT2D eigenvalue weighted by atomic mass is 32.1. The minimum atomic E-state index is -0.0147. The molecular formula is C25H25N5O2S. The SMILES string of the molecule is COc1ccccc1-c1nn(-c2ccccc2)cc1C(=O)N1CCCN(c2nccs2)CC1. The van der Waals surface area contributed by atoms with Crippen molar-refractivity contribution in [3.63, 3.8) is 0 Å². The predicted octanol–water partition coefficient (Wildman–Crippen LogP) is 4.36. The van der Waals surface area contributed by atoms with Crippen LogP contribution < -0.4 is 9.64 Å². The van der Waals surface area contributed by atoms with Crippen LogP contribution in [0.2, 0.25) is 0 Å². The van der Waals surface area contributed by atoms with E-state index in [0.29, 0.717) is 30.1 Å². The molecular weight excluding hydrogens is 434 g/mol. The van der Waals surface area contributed by atoms with Crippen molar-refractivity contribution in [3.8, 4) is 22.7 Å². The molecule has 2 aromatic carbocycles. The van der Waals surface area contributed by atoms with Crippen molar-refractivity contribution in [2.45, 2.75) is 6.42 Å². The second kappa shape index (κ2) is 9.46. The smallest absolute Gasteiger partial charge is 0.257 e. The average molecular weight is 460 g/mol. The summed E-state index contributed by atoms with van der Waals surface area (Å²) >= 11 is 1.63. The first-order chi connectivity index (χ1) is 16.2. The third kappa shape index (κ3) is 4.34. The fraction of sp³-hybridized carbons (Fsp3) is 0.240. The molecule has 1 amide bonds. The van der Waals surface area contributed by atoms with Crippen LogP contribution in [-0.2, 0) is 0 Å². The molecule has 1 aliphatic rings. The zero-order valence-corrected chi connectivity index (χ0v) is 19.2. The minimum absolute atomic E-state index is 0.0147. The van der Waals surface area contributed by atoms with Crippen molar-refractivity contribution >= 4 is 22.4 Å². The molecule has 4 aromatic rings. The van der Waals surface area contributed by atoms with E-state index in [9.17, 15) is 4.79 Å². The second-order valence-corrected chi connectivity index (χ2v) is 8.69. The molecule has 168 valence electrons. The Balaban J connectivity index is 1.49. The van der Waals surface area contributed by atoms with Gasteiger partial charge in [-0.1, -0.05) is 30.3 Å². The van der Waals surface area contributed by atoms with Crippen molar-refractivity contribution in [2.75, 3.05) is 38.2 Å². The topological polar surface area (TPSA) is 63.5 Å². The van der Waals surface area contributed by atoms with E-state index >= 15 is 0 Å². The van der Waals surface area contributed by atoms with Crippen LogP contribution in [0.4, 0.5) is 5.13 Å². The predicted molar refractivity (Wildman–Crippen MR) is 130 cm³/mol. The number of thiazole rings is 1. The molecule has 0 aliphatic carbocycles. The lowest BCUT2D eigenvalue weighted by molar-refractivity contribution is 0.0768. The normalized spacial score (nSPS) is 14.2. The molecule has 2 aromatic heterocycles. The molecule has 0 saturated carbocycles. The Morgan fingerprint density at radius 2 is 1.82 bits per heavy atom. The van der Waals surface area contributed by atoms with E-state index in [4.69, 9.17) is 9.84 Å². The zero-order valence-electron chi connectivity index (χ0n) is 18.4. The Hall–Kier alpha value is -3.65. The maximum absolute atomic E-state index is 13.8. The van der Waals surface area contributed by atoms with Gasteiger partial charge in [0.15, 0.2) is 5.13 Å². The Kier molecular flexibility index (Phi) is 6.08. The molecule has 1 aliphatic heterocycles. The third-order valence-electron chi connectivity index (χ3n) is 5.80. The number of para-hydroxylation sites is 2. The number of nitrogens with zero attached hydrogens (tertiary/aromatic N) is 5. The standard InChI is InChI=1S/C25H25N5O2S/c1-32-22-11-6-5-10-20(22)23-21(18-30(27-23)19-8-3-2-4-9-19)24(31)28-13-7-14-29(16-15-28)25-26-12-17-33-25/h2-6,8-12,17-18H,7,13-16H2,1H3. The van der Waals surface area contributed by atoms with Gasteiger partial charge in [-0.15, -0.1) is 11.3 Å². The molecule has 0 atom stereocenters. The summed E-state index contributed by atoms with van der Waals surface area (Å²) in [6.45, 7) is 2.99. The van der Waals surface area contributed by atoms with Crippen molar-refractivity contribution in [3.05, 3.63) is 77.9 Å². The molecule has 33 heavy (non-hydrogen) atoms. The van der Waals surface area contributed by atoms with Crippen LogP contribution in [0.3, 0.4) is 0 Å². The van der Waals surface area contributed by atoms with Crippen molar-refractivity contribution in [1.82, 2.24) is 19.7 Å². The average Bonchev–Trinajstić information content (AvgIpc) is 3.50. The van der Waals surface area contributed by atoms with Gasteiger partial charge >= 0.3 is 0 Å². The highest BCUT2D eigenvalue weighted by molar-refractivity contribution is 7.13. The molecule has 1 saturated heterocycles. The van der Waals surface area contributed by atoms with Gasteiger partial charge in [-0.05, 0) is 30.7 Å². The molecule has 5 rings (SSSR count). The maximum Gasteiger partial charge on any atom is 0.257 e. The van der Waals surface area contributed by atoms with Crippen LogP contribution in [-0.4, -0.2) is 58.9 Å². The number of aromatic nitrogens is 3. The number of hydrogen-bond donors (Lipinski definition) is 0. The van der Waals surface area contributed by atoms with Crippen molar-refractivity contribution in [1.29, 1.82) is 0 Å². The summed E-state index contributed by atoms with van der Waals surface area (Å²) in [5.74, 6) is 0.676. The molecule has 3 heterocycles. The summed E-state index contributed by atoms with van der Waals surface area (Å²) in [6, 6.07) is 17.5. The van der Waals surface area contributed by atoms with Crippen molar-refractivity contribution in [2.24, 2.45) is 0 Å². The van der Waals surface area contributed by atoms with E-state index in [0.717, 1.165) is 35.9 Å². The first kappa shape index (κ1) is 21.2. The molecule has 0 bridgehead atoms. The van der Waals surface area contributed by atoms with E-state index < -0.39 is 0 Å². The zero-order chi connectivity index (χ0) is 22.6. The fourth-order valence-electron chi connectivity index (χ4n) is 4.14. The van der Waals surface area contributed by atoms with E-state index in [2.05, 4.69) is 9.88 Å². The lowest BCUT2D eigenvalue weighted by atomic mass is 10.1. The van der Waals surface area contributed by atoms with Crippen LogP contribution in [0, 0.1) is 0 Å². The molecule has 0 unspecified atom stereocenters. The summed E-state index contributed by atoms with van der Waals surface area (Å²) in [5.41, 5.74) is 2.91. The number of ether oxygens (including phenoxy) is 1. The van der Waals surface area contributed by atoms with Gasteiger partial charge in [-0.2, -0.15) is 5.10 Å². The van der Waals surface area contributed by atoms with Gasteiger partial charge in [0, 0.05) is 49.5 Å². The van der Waals surface area contributed by atoms with Crippen LogP contribution in [0.5, 0.6) is 5.75 Å². The van der Waals surface area contributed by atoms with Gasteiger partial charge in [0.05, 0.1) is 18.4 Å². The van der Waals surface area contributed by atoms with Crippen LogP contribution in [0.1, 0.15) is 16.8 Å². The maximum atomic E-state index is 13.8. The Labute approximate surface area is 196 Å². The summed E-state index contributed by atoms with van der Waals surface area (Å²) in [7, 11) is 1.64. The summed E-state index contributed by atoms with van der Waals surface area (Å²) in [4.78, 5) is 22.4. The molecule has 7 nitrogen and oxygen atoms in total.